The summed E-state index contributed by atoms with van der Waals surface area (Å²) in [5, 5.41) is 11.4. The largest absolute Gasteiger partial charge is 0.497 e. The summed E-state index contributed by atoms with van der Waals surface area (Å²) in [6.07, 6.45) is 2.87. The van der Waals surface area contributed by atoms with Gasteiger partial charge in [-0.2, -0.15) is 0 Å². The molecule has 3 aromatic rings. The Bertz CT molecular complexity index is 988. The Morgan fingerprint density at radius 2 is 2.00 bits per heavy atom. The standard InChI is InChI=1S/C23H24N4O2/c1-29-19-9-4-6-17(16-19)13-14-24-23(28)20-11-12-22(26-25-20)27-15-5-8-18-7-2-3-10-21(18)27/h2-4,6-7,9-12,16H,5,8,13-15H2,1H3,(H,24,28). The van der Waals surface area contributed by atoms with Crippen molar-refractivity contribution in [1.82, 2.24) is 15.5 Å². The number of methoxy groups -OCH3 is 1. The Kier molecular flexibility index (Phi) is 5.70. The summed E-state index contributed by atoms with van der Waals surface area (Å²) in [5.74, 6) is 1.37. The summed E-state index contributed by atoms with van der Waals surface area (Å²) in [6, 6.07) is 19.8. The summed E-state index contributed by atoms with van der Waals surface area (Å²) >= 11 is 0. The van der Waals surface area contributed by atoms with E-state index in [0.717, 1.165) is 42.9 Å². The van der Waals surface area contributed by atoms with Gasteiger partial charge in [0.25, 0.3) is 5.91 Å². The van der Waals surface area contributed by atoms with Crippen molar-refractivity contribution in [3.63, 3.8) is 0 Å². The van der Waals surface area contributed by atoms with Gasteiger partial charge >= 0.3 is 0 Å². The first-order chi connectivity index (χ1) is 14.2. The van der Waals surface area contributed by atoms with Crippen molar-refractivity contribution < 1.29 is 9.53 Å². The van der Waals surface area contributed by atoms with Gasteiger partial charge < -0.3 is 15.0 Å². The lowest BCUT2D eigenvalue weighted by Gasteiger charge is -2.29. The van der Waals surface area contributed by atoms with Crippen molar-refractivity contribution in [2.24, 2.45) is 0 Å². The number of hydrogen-bond acceptors (Lipinski definition) is 5. The molecular formula is C23H24N4O2. The summed E-state index contributed by atoms with van der Waals surface area (Å²) < 4.78 is 5.23. The quantitative estimate of drug-likeness (QED) is 0.700. The van der Waals surface area contributed by atoms with E-state index in [9.17, 15) is 4.79 Å². The number of aryl methyl sites for hydroxylation is 1. The van der Waals surface area contributed by atoms with Crippen LogP contribution in [0.15, 0.2) is 60.7 Å². The topological polar surface area (TPSA) is 67.3 Å². The average Bonchev–Trinajstić information content (AvgIpc) is 2.79. The molecule has 0 unspecified atom stereocenters. The monoisotopic (exact) mass is 388 g/mol. The molecule has 0 aliphatic carbocycles. The van der Waals surface area contributed by atoms with Crippen LogP contribution in [0.25, 0.3) is 0 Å². The molecule has 0 spiro atoms. The van der Waals surface area contributed by atoms with Crippen LogP contribution in [0, 0.1) is 0 Å². The maximum atomic E-state index is 12.4. The lowest BCUT2D eigenvalue weighted by molar-refractivity contribution is 0.0948. The third-order valence-electron chi connectivity index (χ3n) is 5.10. The number of para-hydroxylation sites is 1. The number of benzene rings is 2. The zero-order valence-corrected chi connectivity index (χ0v) is 16.5. The number of anilines is 2. The predicted octanol–water partition coefficient (Wildman–Crippen LogP) is 3.54. The number of ether oxygens (including phenoxy) is 1. The van der Waals surface area contributed by atoms with Crippen LogP contribution in [0.4, 0.5) is 11.5 Å². The Hall–Kier alpha value is -3.41. The van der Waals surface area contributed by atoms with E-state index in [1.54, 1.807) is 13.2 Å². The average molecular weight is 388 g/mol. The number of aromatic nitrogens is 2. The summed E-state index contributed by atoms with van der Waals surface area (Å²) in [6.45, 7) is 1.42. The third-order valence-corrected chi connectivity index (χ3v) is 5.10. The second-order valence-corrected chi connectivity index (χ2v) is 7.02. The smallest absolute Gasteiger partial charge is 0.271 e. The Labute approximate surface area is 170 Å². The van der Waals surface area contributed by atoms with Gasteiger partial charge in [-0.1, -0.05) is 30.3 Å². The number of rotatable bonds is 6. The minimum Gasteiger partial charge on any atom is -0.497 e. The summed E-state index contributed by atoms with van der Waals surface area (Å²) in [7, 11) is 1.64. The molecule has 148 valence electrons. The number of nitrogens with zero attached hydrogens (tertiary/aromatic N) is 3. The number of nitrogens with one attached hydrogen (secondary N) is 1. The fraction of sp³-hybridized carbons (Fsp3) is 0.261. The number of carbonyl (C=O) groups is 1. The first kappa shape index (κ1) is 18.9. The Balaban J connectivity index is 1.37. The fourth-order valence-corrected chi connectivity index (χ4v) is 3.60. The molecule has 0 fully saturated rings. The van der Waals surface area contributed by atoms with Crippen molar-refractivity contribution in [1.29, 1.82) is 0 Å². The van der Waals surface area contributed by atoms with Crippen LogP contribution in [0.3, 0.4) is 0 Å². The van der Waals surface area contributed by atoms with Gasteiger partial charge in [-0.25, -0.2) is 0 Å². The van der Waals surface area contributed by atoms with Gasteiger partial charge in [0, 0.05) is 18.8 Å². The molecule has 0 atom stereocenters. The van der Waals surface area contributed by atoms with Crippen LogP contribution in [0.1, 0.15) is 28.0 Å². The van der Waals surface area contributed by atoms with Gasteiger partial charge in [-0.05, 0) is 60.7 Å². The van der Waals surface area contributed by atoms with E-state index >= 15 is 0 Å². The Morgan fingerprint density at radius 1 is 1.10 bits per heavy atom. The molecule has 29 heavy (non-hydrogen) atoms. The van der Waals surface area contributed by atoms with E-state index in [2.05, 4.69) is 38.6 Å². The van der Waals surface area contributed by atoms with Crippen LogP contribution in [-0.2, 0) is 12.8 Å². The predicted molar refractivity (Wildman–Crippen MR) is 113 cm³/mol. The van der Waals surface area contributed by atoms with Gasteiger partial charge in [0.1, 0.15) is 5.75 Å². The molecule has 0 radical (unpaired) electrons. The van der Waals surface area contributed by atoms with Gasteiger partial charge in [0.2, 0.25) is 0 Å². The highest BCUT2D eigenvalue weighted by Crippen LogP contribution is 2.31. The molecular weight excluding hydrogens is 364 g/mol. The van der Waals surface area contributed by atoms with Crippen molar-refractivity contribution in [2.75, 3.05) is 25.1 Å². The van der Waals surface area contributed by atoms with Crippen molar-refractivity contribution >= 4 is 17.4 Å². The van der Waals surface area contributed by atoms with Crippen LogP contribution >= 0.6 is 0 Å². The molecule has 2 heterocycles. The van der Waals surface area contributed by atoms with E-state index in [1.807, 2.05) is 36.4 Å². The first-order valence-electron chi connectivity index (χ1n) is 9.85. The van der Waals surface area contributed by atoms with Gasteiger partial charge in [-0.3, -0.25) is 4.79 Å². The highest BCUT2D eigenvalue weighted by Gasteiger charge is 2.19. The number of hydrogen-bond donors (Lipinski definition) is 1. The minimum atomic E-state index is -0.217. The van der Waals surface area contributed by atoms with E-state index in [0.29, 0.717) is 12.2 Å². The lowest BCUT2D eigenvalue weighted by atomic mass is 10.0. The molecule has 6 heteroatoms. The molecule has 6 nitrogen and oxygen atoms in total. The maximum absolute atomic E-state index is 12.4. The molecule has 1 amide bonds. The number of carbonyl (C=O) groups excluding carboxylic acids is 1. The summed E-state index contributed by atoms with van der Waals surface area (Å²) in [4.78, 5) is 14.6. The summed E-state index contributed by atoms with van der Waals surface area (Å²) in [5.41, 5.74) is 3.92. The molecule has 4 rings (SSSR count). The SMILES string of the molecule is COc1cccc(CCNC(=O)c2ccc(N3CCCc4ccccc43)nn2)c1. The zero-order valence-electron chi connectivity index (χ0n) is 16.5. The molecule has 2 aromatic carbocycles. The molecule has 0 saturated carbocycles. The molecule has 1 N–H and O–H groups in total. The minimum absolute atomic E-state index is 0.217. The van der Waals surface area contributed by atoms with E-state index < -0.39 is 0 Å². The van der Waals surface area contributed by atoms with Crippen LogP contribution in [0.5, 0.6) is 5.75 Å². The number of fused-ring (bicyclic) bond motifs is 1. The normalized spacial score (nSPS) is 12.9. The molecule has 0 saturated heterocycles. The van der Waals surface area contributed by atoms with Gasteiger partial charge in [0.05, 0.1) is 7.11 Å². The lowest BCUT2D eigenvalue weighted by Crippen LogP contribution is -2.28. The van der Waals surface area contributed by atoms with Crippen LogP contribution in [0.2, 0.25) is 0 Å². The van der Waals surface area contributed by atoms with E-state index in [-0.39, 0.29) is 5.91 Å². The maximum Gasteiger partial charge on any atom is 0.271 e. The molecule has 1 aliphatic heterocycles. The molecule has 0 bridgehead atoms. The highest BCUT2D eigenvalue weighted by atomic mass is 16.5. The van der Waals surface area contributed by atoms with Crippen LogP contribution < -0.4 is 15.0 Å². The Morgan fingerprint density at radius 3 is 2.83 bits per heavy atom. The second kappa shape index (κ2) is 8.73. The van der Waals surface area contributed by atoms with Crippen molar-refractivity contribution in [3.05, 3.63) is 77.5 Å². The number of amides is 1. The third kappa shape index (κ3) is 4.37. The van der Waals surface area contributed by atoms with Crippen molar-refractivity contribution in [2.45, 2.75) is 19.3 Å². The zero-order chi connectivity index (χ0) is 20.1. The van der Waals surface area contributed by atoms with Gasteiger partial charge in [0.15, 0.2) is 11.5 Å². The van der Waals surface area contributed by atoms with E-state index in [4.69, 9.17) is 4.74 Å². The van der Waals surface area contributed by atoms with Crippen LogP contribution in [-0.4, -0.2) is 36.3 Å². The van der Waals surface area contributed by atoms with E-state index in [1.165, 1.54) is 11.3 Å². The highest BCUT2D eigenvalue weighted by molar-refractivity contribution is 5.92. The second-order valence-electron chi connectivity index (χ2n) is 7.02. The van der Waals surface area contributed by atoms with Crippen molar-refractivity contribution in [3.8, 4) is 5.75 Å². The fourth-order valence-electron chi connectivity index (χ4n) is 3.60. The first-order valence-corrected chi connectivity index (χ1v) is 9.85. The molecule has 1 aromatic heterocycles. The van der Waals surface area contributed by atoms with Gasteiger partial charge in [-0.15, -0.1) is 10.2 Å². The molecule has 1 aliphatic rings.